The summed E-state index contributed by atoms with van der Waals surface area (Å²) in [6.45, 7) is 3.93. The first-order valence-electron chi connectivity index (χ1n) is 7.69. The van der Waals surface area contributed by atoms with Gasteiger partial charge in [-0.05, 0) is 63.8 Å². The molecule has 1 N–H and O–H groups in total. The molecule has 1 heterocycles. The highest BCUT2D eigenvalue weighted by Gasteiger charge is 2.21. The van der Waals surface area contributed by atoms with Gasteiger partial charge < -0.3 is 9.26 Å². The summed E-state index contributed by atoms with van der Waals surface area (Å²) in [6, 6.07) is 7.08. The van der Waals surface area contributed by atoms with Gasteiger partial charge in [0.25, 0.3) is 5.91 Å². The van der Waals surface area contributed by atoms with E-state index in [1.165, 1.54) is 0 Å². The first-order valence-corrected chi connectivity index (χ1v) is 7.69. The number of nitrogens with zero attached hydrogens (tertiary/aromatic N) is 1. The van der Waals surface area contributed by atoms with Gasteiger partial charge in [-0.25, -0.2) is 0 Å². The zero-order chi connectivity index (χ0) is 15.5. The van der Waals surface area contributed by atoms with Gasteiger partial charge in [0, 0.05) is 11.1 Å². The average molecular weight is 300 g/mol. The number of hydrogen-bond acceptors (Lipinski definition) is 4. The van der Waals surface area contributed by atoms with E-state index in [2.05, 4.69) is 10.5 Å². The van der Waals surface area contributed by atoms with E-state index in [-0.39, 0.29) is 12.0 Å². The minimum absolute atomic E-state index is 0.111. The fraction of sp³-hybridized carbons (Fsp3) is 0.412. The SMILES string of the molecule is CC(C)Oc1ccc(C(=O)Nc2onc3c2CCCC3)cc1. The van der Waals surface area contributed by atoms with Crippen LogP contribution in [0.15, 0.2) is 28.8 Å². The van der Waals surface area contributed by atoms with Crippen molar-refractivity contribution >= 4 is 11.8 Å². The van der Waals surface area contributed by atoms with Gasteiger partial charge in [-0.2, -0.15) is 0 Å². The molecule has 1 aromatic heterocycles. The van der Waals surface area contributed by atoms with Crippen molar-refractivity contribution in [2.45, 2.75) is 45.6 Å². The van der Waals surface area contributed by atoms with Crippen molar-refractivity contribution in [3.63, 3.8) is 0 Å². The van der Waals surface area contributed by atoms with E-state index in [4.69, 9.17) is 9.26 Å². The summed E-state index contributed by atoms with van der Waals surface area (Å²) in [7, 11) is 0. The Balaban J connectivity index is 1.70. The van der Waals surface area contributed by atoms with Gasteiger partial charge in [0.15, 0.2) is 0 Å². The molecular formula is C17H20N2O3. The smallest absolute Gasteiger partial charge is 0.258 e. The zero-order valence-electron chi connectivity index (χ0n) is 12.9. The van der Waals surface area contributed by atoms with Crippen LogP contribution in [-0.4, -0.2) is 17.2 Å². The Morgan fingerprint density at radius 1 is 1.23 bits per heavy atom. The standard InChI is InChI=1S/C17H20N2O3/c1-11(2)21-13-9-7-12(8-10-13)16(20)18-17-14-5-3-4-6-15(14)19-22-17/h7-11H,3-6H2,1-2H3,(H,18,20). The molecule has 5 nitrogen and oxygen atoms in total. The van der Waals surface area contributed by atoms with Crippen LogP contribution in [0.25, 0.3) is 0 Å². The number of amides is 1. The molecule has 0 unspecified atom stereocenters. The third kappa shape index (κ3) is 3.13. The van der Waals surface area contributed by atoms with Crippen molar-refractivity contribution in [2.75, 3.05) is 5.32 Å². The first-order chi connectivity index (χ1) is 10.6. The summed E-state index contributed by atoms with van der Waals surface area (Å²) in [5, 5.41) is 6.86. The summed E-state index contributed by atoms with van der Waals surface area (Å²) in [6.07, 6.45) is 4.19. The molecule has 116 valence electrons. The maximum atomic E-state index is 12.3. The second-order valence-corrected chi connectivity index (χ2v) is 5.79. The van der Waals surface area contributed by atoms with Crippen molar-refractivity contribution in [1.82, 2.24) is 5.16 Å². The monoisotopic (exact) mass is 300 g/mol. The second kappa shape index (κ2) is 6.22. The molecule has 0 saturated carbocycles. The first kappa shape index (κ1) is 14.6. The molecule has 3 rings (SSSR count). The van der Waals surface area contributed by atoms with Crippen LogP contribution in [0.4, 0.5) is 5.88 Å². The number of ether oxygens (including phenoxy) is 1. The van der Waals surface area contributed by atoms with E-state index in [1.54, 1.807) is 24.3 Å². The largest absolute Gasteiger partial charge is 0.491 e. The predicted molar refractivity (Wildman–Crippen MR) is 83.3 cm³/mol. The van der Waals surface area contributed by atoms with Crippen molar-refractivity contribution in [3.05, 3.63) is 41.1 Å². The topological polar surface area (TPSA) is 64.4 Å². The Morgan fingerprint density at radius 2 is 1.95 bits per heavy atom. The molecule has 0 atom stereocenters. The Labute approximate surface area is 129 Å². The van der Waals surface area contributed by atoms with Gasteiger partial charge in [-0.15, -0.1) is 0 Å². The molecule has 0 bridgehead atoms. The number of aromatic nitrogens is 1. The number of carbonyl (C=O) groups excluding carboxylic acids is 1. The number of carbonyl (C=O) groups is 1. The Bertz CT molecular complexity index is 659. The van der Waals surface area contributed by atoms with E-state index in [0.29, 0.717) is 11.4 Å². The minimum atomic E-state index is -0.194. The molecule has 1 amide bonds. The van der Waals surface area contributed by atoms with Crippen LogP contribution >= 0.6 is 0 Å². The van der Waals surface area contributed by atoms with Gasteiger partial charge in [-0.1, -0.05) is 5.16 Å². The molecule has 1 aliphatic carbocycles. The molecule has 0 spiro atoms. The molecule has 1 aromatic carbocycles. The fourth-order valence-corrected chi connectivity index (χ4v) is 2.62. The molecule has 0 aliphatic heterocycles. The molecular weight excluding hydrogens is 280 g/mol. The highest BCUT2D eigenvalue weighted by molar-refractivity contribution is 6.03. The maximum Gasteiger partial charge on any atom is 0.258 e. The van der Waals surface area contributed by atoms with Crippen molar-refractivity contribution < 1.29 is 14.1 Å². The van der Waals surface area contributed by atoms with Crippen molar-refractivity contribution in [2.24, 2.45) is 0 Å². The van der Waals surface area contributed by atoms with Gasteiger partial charge in [0.2, 0.25) is 5.88 Å². The fourth-order valence-electron chi connectivity index (χ4n) is 2.62. The lowest BCUT2D eigenvalue weighted by Crippen LogP contribution is -2.13. The third-order valence-corrected chi connectivity index (χ3v) is 3.68. The summed E-state index contributed by atoms with van der Waals surface area (Å²) >= 11 is 0. The van der Waals surface area contributed by atoms with Crippen molar-refractivity contribution in [1.29, 1.82) is 0 Å². The summed E-state index contributed by atoms with van der Waals surface area (Å²) in [5.41, 5.74) is 2.58. The van der Waals surface area contributed by atoms with E-state index in [9.17, 15) is 4.79 Å². The summed E-state index contributed by atoms with van der Waals surface area (Å²) in [4.78, 5) is 12.3. The lowest BCUT2D eigenvalue weighted by atomic mass is 9.97. The molecule has 2 aromatic rings. The van der Waals surface area contributed by atoms with Gasteiger partial charge in [0.05, 0.1) is 11.8 Å². The van der Waals surface area contributed by atoms with Crippen LogP contribution in [0.1, 0.15) is 48.3 Å². The molecule has 0 radical (unpaired) electrons. The van der Waals surface area contributed by atoms with Crippen LogP contribution in [0, 0.1) is 0 Å². The summed E-state index contributed by atoms with van der Waals surface area (Å²) < 4.78 is 10.8. The van der Waals surface area contributed by atoms with E-state index in [0.717, 1.165) is 42.7 Å². The lowest BCUT2D eigenvalue weighted by molar-refractivity contribution is 0.102. The van der Waals surface area contributed by atoms with Crippen LogP contribution in [0.3, 0.4) is 0 Å². The van der Waals surface area contributed by atoms with Crippen LogP contribution in [0.2, 0.25) is 0 Å². The summed E-state index contributed by atoms with van der Waals surface area (Å²) in [5.74, 6) is 1.05. The van der Waals surface area contributed by atoms with Crippen LogP contribution < -0.4 is 10.1 Å². The number of nitrogens with one attached hydrogen (secondary N) is 1. The van der Waals surface area contributed by atoms with Crippen molar-refractivity contribution in [3.8, 4) is 5.75 Å². The molecule has 5 heteroatoms. The molecule has 0 saturated heterocycles. The minimum Gasteiger partial charge on any atom is -0.491 e. The molecule has 1 aliphatic rings. The second-order valence-electron chi connectivity index (χ2n) is 5.79. The number of benzene rings is 1. The lowest BCUT2D eigenvalue weighted by Gasteiger charge is -2.11. The zero-order valence-corrected chi connectivity index (χ0v) is 12.9. The Kier molecular flexibility index (Phi) is 4.13. The normalized spacial score (nSPS) is 13.8. The highest BCUT2D eigenvalue weighted by atomic mass is 16.5. The third-order valence-electron chi connectivity index (χ3n) is 3.68. The van der Waals surface area contributed by atoms with E-state index in [1.807, 2.05) is 13.8 Å². The van der Waals surface area contributed by atoms with E-state index >= 15 is 0 Å². The highest BCUT2D eigenvalue weighted by Crippen LogP contribution is 2.28. The average Bonchev–Trinajstić information content (AvgIpc) is 2.91. The molecule has 22 heavy (non-hydrogen) atoms. The number of fused-ring (bicyclic) bond motifs is 1. The Morgan fingerprint density at radius 3 is 2.68 bits per heavy atom. The van der Waals surface area contributed by atoms with Crippen LogP contribution in [0.5, 0.6) is 5.75 Å². The Hall–Kier alpha value is -2.30. The van der Waals surface area contributed by atoms with Gasteiger partial charge in [-0.3, -0.25) is 10.1 Å². The van der Waals surface area contributed by atoms with Gasteiger partial charge >= 0.3 is 0 Å². The van der Waals surface area contributed by atoms with Crippen LogP contribution in [-0.2, 0) is 12.8 Å². The number of anilines is 1. The predicted octanol–water partition coefficient (Wildman–Crippen LogP) is 3.59. The quantitative estimate of drug-likeness (QED) is 0.937. The maximum absolute atomic E-state index is 12.3. The number of hydrogen-bond donors (Lipinski definition) is 1. The number of rotatable bonds is 4. The van der Waals surface area contributed by atoms with E-state index < -0.39 is 0 Å². The number of aryl methyl sites for hydroxylation is 1. The van der Waals surface area contributed by atoms with Gasteiger partial charge in [0.1, 0.15) is 5.75 Å². The molecule has 0 fully saturated rings.